The summed E-state index contributed by atoms with van der Waals surface area (Å²) in [5.41, 5.74) is 0. The molecule has 0 amide bonds. The summed E-state index contributed by atoms with van der Waals surface area (Å²) in [7, 11) is 0. The monoisotopic (exact) mass is 150 g/mol. The number of allylic oxidation sites excluding steroid dienone is 6. The lowest BCUT2D eigenvalue weighted by atomic mass is 10.3. The first-order valence-corrected chi connectivity index (χ1v) is 3.83. The number of hydrogen-bond acceptors (Lipinski definition) is 1. The van der Waals surface area contributed by atoms with Gasteiger partial charge in [0.25, 0.3) is 0 Å². The molecule has 0 saturated heterocycles. The summed E-state index contributed by atoms with van der Waals surface area (Å²) < 4.78 is 0. The van der Waals surface area contributed by atoms with E-state index >= 15 is 0 Å². The van der Waals surface area contributed by atoms with Crippen molar-refractivity contribution in [2.45, 2.75) is 19.8 Å². The van der Waals surface area contributed by atoms with Gasteiger partial charge in [-0.3, -0.25) is 4.79 Å². The summed E-state index contributed by atoms with van der Waals surface area (Å²) in [5, 5.41) is 0. The van der Waals surface area contributed by atoms with Crippen molar-refractivity contribution in [1.82, 2.24) is 0 Å². The van der Waals surface area contributed by atoms with Gasteiger partial charge in [0.15, 0.2) is 0 Å². The van der Waals surface area contributed by atoms with Crippen LogP contribution in [0.4, 0.5) is 0 Å². The van der Waals surface area contributed by atoms with Gasteiger partial charge in [-0.2, -0.15) is 0 Å². The van der Waals surface area contributed by atoms with E-state index in [1.165, 1.54) is 6.08 Å². The summed E-state index contributed by atoms with van der Waals surface area (Å²) >= 11 is 0. The van der Waals surface area contributed by atoms with Crippen molar-refractivity contribution in [2.75, 3.05) is 0 Å². The first-order chi connectivity index (χ1) is 5.41. The lowest BCUT2D eigenvalue weighted by Gasteiger charge is -1.78. The van der Waals surface area contributed by atoms with Crippen molar-refractivity contribution in [2.24, 2.45) is 0 Å². The lowest BCUT2D eigenvalue weighted by molar-refractivity contribution is -0.104. The fourth-order valence-electron chi connectivity index (χ4n) is 0.608. The molecule has 0 radical (unpaired) electrons. The molecule has 0 saturated carbocycles. The minimum atomic E-state index is 0.770. The fraction of sp³-hybridized carbons (Fsp3) is 0.300. The average molecular weight is 150 g/mol. The van der Waals surface area contributed by atoms with E-state index in [0.29, 0.717) is 0 Å². The molecule has 0 aromatic carbocycles. The van der Waals surface area contributed by atoms with E-state index in [4.69, 9.17) is 0 Å². The molecule has 0 atom stereocenters. The molecular weight excluding hydrogens is 136 g/mol. The molecule has 0 unspecified atom stereocenters. The maximum absolute atomic E-state index is 9.81. The van der Waals surface area contributed by atoms with E-state index in [2.05, 4.69) is 19.1 Å². The van der Waals surface area contributed by atoms with Crippen molar-refractivity contribution in [3.63, 3.8) is 0 Å². The van der Waals surface area contributed by atoms with Gasteiger partial charge >= 0.3 is 0 Å². The van der Waals surface area contributed by atoms with Crippen molar-refractivity contribution >= 4 is 6.29 Å². The predicted molar refractivity (Wildman–Crippen MR) is 48.4 cm³/mol. The van der Waals surface area contributed by atoms with E-state index in [9.17, 15) is 4.79 Å². The van der Waals surface area contributed by atoms with Crippen LogP contribution >= 0.6 is 0 Å². The maximum Gasteiger partial charge on any atom is 0.142 e. The molecule has 0 spiro atoms. The summed E-state index contributed by atoms with van der Waals surface area (Å²) in [6.07, 6.45) is 14.1. The smallest absolute Gasteiger partial charge is 0.142 e. The van der Waals surface area contributed by atoms with E-state index in [-0.39, 0.29) is 0 Å². The number of aldehydes is 1. The Bertz CT molecular complexity index is 164. The standard InChI is InChI=1S/C10H14O/c1-2-3-4-5-6-7-8-9-10-11/h3-4,6-10H,2,5H2,1H3/b4-3-,7-6-,9-8+. The van der Waals surface area contributed by atoms with Crippen LogP contribution in [0.15, 0.2) is 36.5 Å². The maximum atomic E-state index is 9.81. The number of carbonyl (C=O) groups is 1. The van der Waals surface area contributed by atoms with Gasteiger partial charge in [-0.05, 0) is 18.9 Å². The van der Waals surface area contributed by atoms with Gasteiger partial charge < -0.3 is 0 Å². The Hall–Kier alpha value is -1.11. The molecule has 11 heavy (non-hydrogen) atoms. The zero-order chi connectivity index (χ0) is 8.36. The molecule has 0 heterocycles. The first-order valence-electron chi connectivity index (χ1n) is 3.83. The number of carbonyl (C=O) groups excluding carboxylic acids is 1. The topological polar surface area (TPSA) is 17.1 Å². The Morgan fingerprint density at radius 3 is 2.45 bits per heavy atom. The fourth-order valence-corrected chi connectivity index (χ4v) is 0.608. The second-order valence-corrected chi connectivity index (χ2v) is 2.06. The Kier molecular flexibility index (Phi) is 7.99. The summed E-state index contributed by atoms with van der Waals surface area (Å²) in [4.78, 5) is 9.81. The SMILES string of the molecule is CC/C=C\C/C=C\C=C\C=O. The molecule has 0 rings (SSSR count). The van der Waals surface area contributed by atoms with E-state index in [1.54, 1.807) is 6.08 Å². The van der Waals surface area contributed by atoms with Crippen molar-refractivity contribution in [1.29, 1.82) is 0 Å². The van der Waals surface area contributed by atoms with Crippen LogP contribution in [0.25, 0.3) is 0 Å². The first kappa shape index (κ1) is 9.89. The molecule has 0 aromatic heterocycles. The molecule has 0 bridgehead atoms. The van der Waals surface area contributed by atoms with Crippen molar-refractivity contribution in [3.8, 4) is 0 Å². The molecule has 60 valence electrons. The highest BCUT2D eigenvalue weighted by molar-refractivity contribution is 5.65. The summed E-state index contributed by atoms with van der Waals surface area (Å²) in [6, 6.07) is 0. The second kappa shape index (κ2) is 8.89. The third kappa shape index (κ3) is 8.89. The molecule has 0 aliphatic heterocycles. The van der Waals surface area contributed by atoms with Crippen LogP contribution in [-0.4, -0.2) is 6.29 Å². The van der Waals surface area contributed by atoms with Gasteiger partial charge in [0.2, 0.25) is 0 Å². The molecule has 0 aliphatic rings. The Labute approximate surface area is 68.1 Å². The van der Waals surface area contributed by atoms with Crippen LogP contribution in [0.5, 0.6) is 0 Å². The Morgan fingerprint density at radius 2 is 1.82 bits per heavy atom. The van der Waals surface area contributed by atoms with Gasteiger partial charge in [-0.25, -0.2) is 0 Å². The van der Waals surface area contributed by atoms with Crippen LogP contribution in [0.1, 0.15) is 19.8 Å². The lowest BCUT2D eigenvalue weighted by Crippen LogP contribution is -1.59. The molecule has 0 fully saturated rings. The van der Waals surface area contributed by atoms with E-state index < -0.39 is 0 Å². The second-order valence-electron chi connectivity index (χ2n) is 2.06. The quantitative estimate of drug-likeness (QED) is 0.255. The van der Waals surface area contributed by atoms with Gasteiger partial charge in [-0.15, -0.1) is 0 Å². The molecule has 0 N–H and O–H groups in total. The zero-order valence-corrected chi connectivity index (χ0v) is 6.86. The molecule has 1 heteroatoms. The Morgan fingerprint density at radius 1 is 1.00 bits per heavy atom. The molecule has 0 aromatic rings. The highest BCUT2D eigenvalue weighted by Gasteiger charge is 1.68. The molecule has 0 aliphatic carbocycles. The van der Waals surface area contributed by atoms with Crippen LogP contribution in [0.2, 0.25) is 0 Å². The third-order valence-corrected chi connectivity index (χ3v) is 1.11. The van der Waals surface area contributed by atoms with Gasteiger partial charge in [0, 0.05) is 0 Å². The predicted octanol–water partition coefficient (Wildman–Crippen LogP) is 2.65. The zero-order valence-electron chi connectivity index (χ0n) is 6.86. The molecular formula is C10H14O. The summed E-state index contributed by atoms with van der Waals surface area (Å²) in [5.74, 6) is 0. The third-order valence-electron chi connectivity index (χ3n) is 1.11. The highest BCUT2D eigenvalue weighted by atomic mass is 16.1. The normalized spacial score (nSPS) is 12.1. The number of hydrogen-bond donors (Lipinski definition) is 0. The average Bonchev–Trinajstić information content (AvgIpc) is 2.03. The van der Waals surface area contributed by atoms with E-state index in [0.717, 1.165) is 19.1 Å². The van der Waals surface area contributed by atoms with Crippen LogP contribution in [-0.2, 0) is 4.79 Å². The van der Waals surface area contributed by atoms with Crippen LogP contribution < -0.4 is 0 Å². The summed E-state index contributed by atoms with van der Waals surface area (Å²) in [6.45, 7) is 2.10. The van der Waals surface area contributed by atoms with Crippen LogP contribution in [0.3, 0.4) is 0 Å². The highest BCUT2D eigenvalue weighted by Crippen LogP contribution is 1.88. The largest absolute Gasteiger partial charge is 0.299 e. The minimum absolute atomic E-state index is 0.770. The van der Waals surface area contributed by atoms with Gasteiger partial charge in [-0.1, -0.05) is 37.3 Å². The van der Waals surface area contributed by atoms with Gasteiger partial charge in [0.05, 0.1) is 0 Å². The van der Waals surface area contributed by atoms with E-state index in [1.807, 2.05) is 12.2 Å². The van der Waals surface area contributed by atoms with Crippen LogP contribution in [0, 0.1) is 0 Å². The minimum Gasteiger partial charge on any atom is -0.299 e. The Balaban J connectivity index is 3.36. The van der Waals surface area contributed by atoms with Crippen molar-refractivity contribution in [3.05, 3.63) is 36.5 Å². The van der Waals surface area contributed by atoms with Gasteiger partial charge in [0.1, 0.15) is 6.29 Å². The van der Waals surface area contributed by atoms with Crippen molar-refractivity contribution < 1.29 is 4.79 Å². The number of rotatable bonds is 5. The molecule has 1 nitrogen and oxygen atoms in total.